The van der Waals surface area contributed by atoms with Gasteiger partial charge in [0.25, 0.3) is 5.91 Å². The number of carbonyl (C=O) groups is 1. The Bertz CT molecular complexity index is 744. The maximum absolute atomic E-state index is 12.3. The molecule has 2 heterocycles. The van der Waals surface area contributed by atoms with Crippen LogP contribution in [0.1, 0.15) is 24.2 Å². The van der Waals surface area contributed by atoms with E-state index in [9.17, 15) is 4.79 Å². The fraction of sp³-hybridized carbons (Fsp3) is 0.526. The number of benzene rings is 1. The molecule has 0 atom stereocenters. The minimum atomic E-state index is 0.0671. The minimum absolute atomic E-state index is 0.0671. The summed E-state index contributed by atoms with van der Waals surface area (Å²) >= 11 is 0. The van der Waals surface area contributed by atoms with Crippen molar-refractivity contribution in [3.8, 4) is 5.75 Å². The highest BCUT2D eigenvalue weighted by atomic mass is 16.5. The Labute approximate surface area is 142 Å². The number of rotatable bonds is 3. The molecule has 5 heteroatoms. The number of amides is 1. The number of ether oxygens (including phenoxy) is 1. The van der Waals surface area contributed by atoms with Crippen LogP contribution in [0.5, 0.6) is 5.75 Å². The van der Waals surface area contributed by atoms with Crippen molar-refractivity contribution in [3.05, 3.63) is 29.5 Å². The van der Waals surface area contributed by atoms with E-state index in [2.05, 4.69) is 11.9 Å². The highest BCUT2D eigenvalue weighted by Crippen LogP contribution is 2.33. The largest absolute Gasteiger partial charge is 0.484 e. The lowest BCUT2D eigenvalue weighted by Gasteiger charge is -2.32. The van der Waals surface area contributed by atoms with E-state index < -0.39 is 0 Å². The Balaban J connectivity index is 1.44. The van der Waals surface area contributed by atoms with Gasteiger partial charge in [-0.15, -0.1) is 0 Å². The number of likely N-dealkylation sites (N-methyl/N-ethyl adjacent to an activating group) is 1. The third kappa shape index (κ3) is 3.00. The van der Waals surface area contributed by atoms with Gasteiger partial charge >= 0.3 is 0 Å². The number of piperazine rings is 1. The molecule has 128 valence electrons. The lowest BCUT2D eigenvalue weighted by molar-refractivity contribution is -0.134. The van der Waals surface area contributed by atoms with Crippen molar-refractivity contribution in [2.24, 2.45) is 0 Å². The number of furan rings is 1. The van der Waals surface area contributed by atoms with Crippen LogP contribution in [-0.4, -0.2) is 55.5 Å². The van der Waals surface area contributed by atoms with Crippen LogP contribution in [0.25, 0.3) is 11.0 Å². The molecule has 24 heavy (non-hydrogen) atoms. The summed E-state index contributed by atoms with van der Waals surface area (Å²) in [6.45, 7) is 3.53. The summed E-state index contributed by atoms with van der Waals surface area (Å²) in [6.07, 6.45) is 4.53. The molecule has 2 aliphatic rings. The molecule has 0 radical (unpaired) electrons. The van der Waals surface area contributed by atoms with Crippen molar-refractivity contribution in [1.29, 1.82) is 0 Å². The smallest absolute Gasteiger partial charge is 0.260 e. The van der Waals surface area contributed by atoms with E-state index in [1.807, 2.05) is 23.1 Å². The van der Waals surface area contributed by atoms with Crippen molar-refractivity contribution in [3.63, 3.8) is 0 Å². The second-order valence-electron chi connectivity index (χ2n) is 6.84. The summed E-state index contributed by atoms with van der Waals surface area (Å²) in [7, 11) is 2.08. The first-order valence-electron chi connectivity index (χ1n) is 8.84. The number of aryl methyl sites for hydroxylation is 2. The Hall–Kier alpha value is -2.01. The standard InChI is InChI=1S/C19H24N2O3/c1-20-8-10-21(11-9-20)19(22)13-23-14-6-7-18-16(12-14)15-4-2-3-5-17(15)24-18/h6-7,12H,2-5,8-11,13H2,1H3. The van der Waals surface area contributed by atoms with E-state index in [-0.39, 0.29) is 12.5 Å². The molecule has 0 spiro atoms. The predicted molar refractivity (Wildman–Crippen MR) is 92.4 cm³/mol. The molecule has 0 unspecified atom stereocenters. The van der Waals surface area contributed by atoms with E-state index in [0.717, 1.165) is 61.5 Å². The number of carbonyl (C=O) groups excluding carboxylic acids is 1. The predicted octanol–water partition coefficient (Wildman–Crippen LogP) is 2.46. The van der Waals surface area contributed by atoms with Crippen LogP contribution in [0, 0.1) is 0 Å². The first kappa shape index (κ1) is 15.5. The zero-order valence-corrected chi connectivity index (χ0v) is 14.2. The van der Waals surface area contributed by atoms with Crippen LogP contribution < -0.4 is 4.74 Å². The average molecular weight is 328 g/mol. The van der Waals surface area contributed by atoms with E-state index in [4.69, 9.17) is 9.15 Å². The van der Waals surface area contributed by atoms with Crippen molar-refractivity contribution in [2.75, 3.05) is 39.8 Å². The molecule has 1 aliphatic heterocycles. The van der Waals surface area contributed by atoms with E-state index in [1.54, 1.807) is 0 Å². The van der Waals surface area contributed by atoms with Gasteiger partial charge in [-0.3, -0.25) is 4.79 Å². The minimum Gasteiger partial charge on any atom is -0.484 e. The third-order valence-electron chi connectivity index (χ3n) is 5.14. The van der Waals surface area contributed by atoms with Gasteiger partial charge < -0.3 is 19.0 Å². The van der Waals surface area contributed by atoms with Crippen molar-refractivity contribution in [2.45, 2.75) is 25.7 Å². The molecule has 0 bridgehead atoms. The molecule has 1 aromatic carbocycles. The summed E-state index contributed by atoms with van der Waals surface area (Å²) in [4.78, 5) is 16.4. The SMILES string of the molecule is CN1CCN(C(=O)COc2ccc3oc4c(c3c2)CCCC4)CC1. The maximum Gasteiger partial charge on any atom is 0.260 e. The van der Waals surface area contributed by atoms with Crippen LogP contribution >= 0.6 is 0 Å². The van der Waals surface area contributed by atoms with Gasteiger partial charge in [0.1, 0.15) is 17.1 Å². The average Bonchev–Trinajstić information content (AvgIpc) is 2.98. The second-order valence-corrected chi connectivity index (χ2v) is 6.84. The molecule has 2 aromatic rings. The zero-order chi connectivity index (χ0) is 16.5. The van der Waals surface area contributed by atoms with Crippen molar-refractivity contribution >= 4 is 16.9 Å². The summed E-state index contributed by atoms with van der Waals surface area (Å²) in [5, 5.41) is 1.15. The van der Waals surface area contributed by atoms with Crippen LogP contribution in [-0.2, 0) is 17.6 Å². The molecular weight excluding hydrogens is 304 g/mol. The van der Waals surface area contributed by atoms with Gasteiger partial charge in [-0.1, -0.05) is 0 Å². The summed E-state index contributed by atoms with van der Waals surface area (Å²) < 4.78 is 11.7. The second kappa shape index (κ2) is 6.48. The Morgan fingerprint density at radius 2 is 1.96 bits per heavy atom. The van der Waals surface area contributed by atoms with Gasteiger partial charge in [0.15, 0.2) is 6.61 Å². The third-order valence-corrected chi connectivity index (χ3v) is 5.14. The van der Waals surface area contributed by atoms with Gasteiger partial charge in [-0.25, -0.2) is 0 Å². The maximum atomic E-state index is 12.3. The molecule has 5 nitrogen and oxygen atoms in total. The first-order valence-corrected chi connectivity index (χ1v) is 8.84. The van der Waals surface area contributed by atoms with Crippen molar-refractivity contribution < 1.29 is 13.9 Å². The Morgan fingerprint density at radius 1 is 1.17 bits per heavy atom. The summed E-state index contributed by atoms with van der Waals surface area (Å²) in [5.41, 5.74) is 2.26. The molecule has 1 saturated heterocycles. The molecule has 0 saturated carbocycles. The number of hydrogen-bond acceptors (Lipinski definition) is 4. The van der Waals surface area contributed by atoms with E-state index >= 15 is 0 Å². The molecule has 0 N–H and O–H groups in total. The van der Waals surface area contributed by atoms with Crippen molar-refractivity contribution in [1.82, 2.24) is 9.80 Å². The molecule has 1 amide bonds. The Kier molecular flexibility index (Phi) is 4.19. The topological polar surface area (TPSA) is 45.9 Å². The molecule has 1 aromatic heterocycles. The lowest BCUT2D eigenvalue weighted by Crippen LogP contribution is -2.48. The highest BCUT2D eigenvalue weighted by Gasteiger charge is 2.20. The molecule has 1 aliphatic carbocycles. The summed E-state index contributed by atoms with van der Waals surface area (Å²) in [5.74, 6) is 1.94. The van der Waals surface area contributed by atoms with Gasteiger partial charge in [-0.2, -0.15) is 0 Å². The van der Waals surface area contributed by atoms with Crippen LogP contribution in [0.2, 0.25) is 0 Å². The van der Waals surface area contributed by atoms with Crippen LogP contribution in [0.15, 0.2) is 22.6 Å². The highest BCUT2D eigenvalue weighted by molar-refractivity contribution is 5.84. The molecular formula is C19H24N2O3. The lowest BCUT2D eigenvalue weighted by atomic mass is 9.96. The monoisotopic (exact) mass is 328 g/mol. The van der Waals surface area contributed by atoms with E-state index in [1.165, 1.54) is 18.4 Å². The van der Waals surface area contributed by atoms with Gasteiger partial charge in [-0.05, 0) is 44.5 Å². The van der Waals surface area contributed by atoms with Crippen LogP contribution in [0.3, 0.4) is 0 Å². The van der Waals surface area contributed by atoms with Crippen LogP contribution in [0.4, 0.5) is 0 Å². The first-order chi connectivity index (χ1) is 11.7. The Morgan fingerprint density at radius 3 is 2.79 bits per heavy atom. The normalized spacial score (nSPS) is 18.6. The molecule has 4 rings (SSSR count). The fourth-order valence-corrected chi connectivity index (χ4v) is 3.62. The number of fused-ring (bicyclic) bond motifs is 3. The zero-order valence-electron chi connectivity index (χ0n) is 14.2. The molecule has 1 fully saturated rings. The quantitative estimate of drug-likeness (QED) is 0.868. The fourth-order valence-electron chi connectivity index (χ4n) is 3.62. The van der Waals surface area contributed by atoms with Gasteiger partial charge in [0.2, 0.25) is 0 Å². The number of hydrogen-bond donors (Lipinski definition) is 0. The van der Waals surface area contributed by atoms with Gasteiger partial charge in [0, 0.05) is 43.5 Å². The number of nitrogens with zero attached hydrogens (tertiary/aromatic N) is 2. The van der Waals surface area contributed by atoms with Gasteiger partial charge in [0.05, 0.1) is 0 Å². The van der Waals surface area contributed by atoms with E-state index in [0.29, 0.717) is 0 Å². The summed E-state index contributed by atoms with van der Waals surface area (Å²) in [6, 6.07) is 5.89.